The molecule has 17 nitrogen and oxygen atoms in total. The van der Waals surface area contributed by atoms with E-state index in [2.05, 4.69) is 5.32 Å². The molecule has 6 fully saturated rings. The number of carbonyl (C=O) groups is 4. The SMILES string of the molecule is C.COc1c2n(cc(C(=O)O)c1=O)CC1O[C@H]3CC[C@H](C3)N1C2=O.NC1(c2ccc(F)cc2F)CCCCC1.O=C(NC1(c2ccc(F)cc2F)CCCCC1)c1cn2c(c(O)c1=O)C(=O)N1C(C2)O[C@H]2CC[C@@H]1C2. The van der Waals surface area contributed by atoms with Gasteiger partial charge < -0.3 is 54.4 Å². The number of carboxylic acid groups (broad SMARTS) is 1. The number of amides is 3. The summed E-state index contributed by atoms with van der Waals surface area (Å²) in [5.74, 6) is -6.49. The average molecular weight is 1050 g/mol. The molecule has 402 valence electrons. The van der Waals surface area contributed by atoms with Gasteiger partial charge in [0.1, 0.15) is 34.4 Å². The molecule has 4 saturated carbocycles. The second-order valence-electron chi connectivity index (χ2n) is 20.8. The van der Waals surface area contributed by atoms with E-state index in [-0.39, 0.29) is 72.4 Å². The third-order valence-corrected chi connectivity index (χ3v) is 16.3. The summed E-state index contributed by atoms with van der Waals surface area (Å²) in [5, 5.41) is 22.8. The van der Waals surface area contributed by atoms with E-state index in [0.717, 1.165) is 108 Å². The Labute approximate surface area is 429 Å². The molecule has 8 aliphatic rings. The number of carbonyl (C=O) groups excluding carboxylic acids is 3. The number of aromatic nitrogens is 2. The van der Waals surface area contributed by atoms with Crippen molar-refractivity contribution < 1.29 is 61.2 Å². The van der Waals surface area contributed by atoms with Crippen LogP contribution < -0.4 is 26.6 Å². The summed E-state index contributed by atoms with van der Waals surface area (Å²) in [5.41, 5.74) is 2.55. The van der Waals surface area contributed by atoms with Crippen molar-refractivity contribution in [1.82, 2.24) is 24.3 Å². The summed E-state index contributed by atoms with van der Waals surface area (Å²) in [7, 11) is 1.26. The second kappa shape index (κ2) is 20.9. The fourth-order valence-corrected chi connectivity index (χ4v) is 12.7. The van der Waals surface area contributed by atoms with Crippen molar-refractivity contribution in [1.29, 1.82) is 0 Å². The predicted molar refractivity (Wildman–Crippen MR) is 262 cm³/mol. The summed E-state index contributed by atoms with van der Waals surface area (Å²) in [6, 6.07) is 7.05. The summed E-state index contributed by atoms with van der Waals surface area (Å²) in [4.78, 5) is 79.5. The smallest absolute Gasteiger partial charge is 0.341 e. The first-order chi connectivity index (χ1) is 35.4. The van der Waals surface area contributed by atoms with Crippen molar-refractivity contribution in [3.63, 3.8) is 0 Å². The first-order valence-corrected chi connectivity index (χ1v) is 25.4. The number of carboxylic acids is 1. The molecular formula is C54H62F4N6O11. The molecule has 6 heterocycles. The number of rotatable bonds is 6. The minimum absolute atomic E-state index is 0. The Morgan fingerprint density at radius 2 is 1.19 bits per heavy atom. The van der Waals surface area contributed by atoms with Crippen LogP contribution in [0, 0.1) is 23.3 Å². The number of aromatic carboxylic acids is 1. The molecule has 21 heteroatoms. The topological polar surface area (TPSA) is 225 Å². The minimum atomic E-state index is -1.34. The lowest BCUT2D eigenvalue weighted by molar-refractivity contribution is -0.132. The van der Waals surface area contributed by atoms with Crippen LogP contribution in [0.25, 0.3) is 0 Å². The van der Waals surface area contributed by atoms with Crippen LogP contribution in [0.3, 0.4) is 0 Å². The summed E-state index contributed by atoms with van der Waals surface area (Å²) in [6.07, 6.45) is 14.7. The number of hydrogen-bond acceptors (Lipinski definition) is 11. The molecule has 0 radical (unpaired) electrons. The molecule has 4 bridgehead atoms. The monoisotopic (exact) mass is 1050 g/mol. The van der Waals surface area contributed by atoms with Gasteiger partial charge in [0.2, 0.25) is 10.9 Å². The van der Waals surface area contributed by atoms with E-state index in [1.807, 2.05) is 0 Å². The molecule has 6 atom stereocenters. The number of nitrogens with zero attached hydrogens (tertiary/aromatic N) is 4. The van der Waals surface area contributed by atoms with E-state index in [9.17, 15) is 56.5 Å². The first-order valence-electron chi connectivity index (χ1n) is 25.4. The van der Waals surface area contributed by atoms with Crippen LogP contribution in [0.5, 0.6) is 11.5 Å². The van der Waals surface area contributed by atoms with E-state index < -0.39 is 86.8 Å². The molecule has 2 aromatic heterocycles. The van der Waals surface area contributed by atoms with Crippen molar-refractivity contribution in [3.8, 4) is 11.5 Å². The van der Waals surface area contributed by atoms with Crippen molar-refractivity contribution in [2.45, 2.75) is 171 Å². The number of fused-ring (bicyclic) bond motifs is 10. The highest BCUT2D eigenvalue weighted by Gasteiger charge is 2.50. The number of halogens is 4. The largest absolute Gasteiger partial charge is 0.503 e. The number of nitrogens with two attached hydrogens (primary N) is 1. The number of ether oxygens (including phenoxy) is 3. The molecule has 2 saturated heterocycles. The average Bonchev–Trinajstić information content (AvgIpc) is 3.95. The maximum absolute atomic E-state index is 14.8. The number of pyridine rings is 2. The summed E-state index contributed by atoms with van der Waals surface area (Å²) in [6.45, 7) is 0.477. The van der Waals surface area contributed by atoms with E-state index in [1.165, 1.54) is 46.8 Å². The number of benzene rings is 2. The van der Waals surface area contributed by atoms with Crippen molar-refractivity contribution in [2.75, 3.05) is 7.11 Å². The number of methoxy groups -OCH3 is 1. The van der Waals surface area contributed by atoms with E-state index in [1.54, 1.807) is 9.80 Å². The third-order valence-electron chi connectivity index (χ3n) is 16.3. The molecule has 4 aliphatic carbocycles. The molecule has 2 aromatic carbocycles. The van der Waals surface area contributed by atoms with Gasteiger partial charge in [-0.05, 0) is 76.3 Å². The van der Waals surface area contributed by atoms with Crippen LogP contribution >= 0.6 is 0 Å². The fraction of sp³-hybridized carbons (Fsp3) is 0.519. The highest BCUT2D eigenvalue weighted by atomic mass is 19.1. The Hall–Kier alpha value is -6.58. The lowest BCUT2D eigenvalue weighted by Gasteiger charge is -2.44. The van der Waals surface area contributed by atoms with Crippen LogP contribution in [0.2, 0.25) is 0 Å². The lowest BCUT2D eigenvalue weighted by atomic mass is 9.76. The van der Waals surface area contributed by atoms with E-state index >= 15 is 0 Å². The van der Waals surface area contributed by atoms with Gasteiger partial charge in [-0.2, -0.15) is 0 Å². The molecule has 2 unspecified atom stereocenters. The molecule has 12 rings (SSSR count). The maximum atomic E-state index is 14.8. The minimum Gasteiger partial charge on any atom is -0.503 e. The third kappa shape index (κ3) is 9.71. The molecule has 0 spiro atoms. The van der Waals surface area contributed by atoms with Gasteiger partial charge in [0.05, 0.1) is 37.9 Å². The van der Waals surface area contributed by atoms with Crippen molar-refractivity contribution in [2.24, 2.45) is 5.73 Å². The zero-order chi connectivity index (χ0) is 52.4. The standard InChI is InChI=1S/C26H27F2N3O5.C15H16N2O6.C12H15F2N.CH4/c27-14-4-7-18(19(28)10-14)26(8-2-1-3-9-26)29-24(34)17-12-30-13-20-31(15-5-6-16(11-15)36-20)25(35)21(30)23(33)22(17)32;1-22-13-11-14(19)17-7-2-3-8(4-7)23-10(17)6-16(11)5-9(12(13)18)15(20)21;13-9-4-5-10(11(14)8-9)12(15)6-2-1-3-7-12;/h4,7,10,12,15-16,20,33H,1-3,5-6,8-9,11,13H2,(H,29,34);5,7-8,10H,2-4,6H2,1H3,(H,20,21);4-5,8H,1-3,6-7,15H2;1H4/t15-,16+,20?;7-,8+,10?;;/m11../s1. The zero-order valence-electron chi connectivity index (χ0n) is 40.8. The lowest BCUT2D eigenvalue weighted by Crippen LogP contribution is -2.57. The van der Waals surface area contributed by atoms with Crippen molar-refractivity contribution >= 4 is 23.7 Å². The van der Waals surface area contributed by atoms with E-state index in [4.69, 9.17) is 19.9 Å². The molecule has 75 heavy (non-hydrogen) atoms. The fourth-order valence-electron chi connectivity index (χ4n) is 12.7. The number of nitrogens with one attached hydrogen (secondary N) is 1. The maximum Gasteiger partial charge on any atom is 0.341 e. The van der Waals surface area contributed by atoms with Gasteiger partial charge in [-0.15, -0.1) is 0 Å². The van der Waals surface area contributed by atoms with Gasteiger partial charge in [-0.3, -0.25) is 24.0 Å². The van der Waals surface area contributed by atoms with Gasteiger partial charge in [0.25, 0.3) is 17.7 Å². The Morgan fingerprint density at radius 3 is 1.71 bits per heavy atom. The van der Waals surface area contributed by atoms with Gasteiger partial charge in [0, 0.05) is 53.3 Å². The van der Waals surface area contributed by atoms with Crippen LogP contribution in [0.4, 0.5) is 17.6 Å². The molecular weight excluding hydrogens is 985 g/mol. The van der Waals surface area contributed by atoms with E-state index in [0.29, 0.717) is 24.9 Å². The summed E-state index contributed by atoms with van der Waals surface area (Å²) >= 11 is 0. The van der Waals surface area contributed by atoms with Crippen LogP contribution in [-0.4, -0.2) is 96.7 Å². The predicted octanol–water partition coefficient (Wildman–Crippen LogP) is 7.16. The highest BCUT2D eigenvalue weighted by molar-refractivity contribution is 6.00. The Bertz CT molecular complexity index is 3040. The normalized spacial score (nSPS) is 25.4. The number of hydrogen-bond donors (Lipinski definition) is 4. The quantitative estimate of drug-likeness (QED) is 0.141. The Morgan fingerprint density at radius 1 is 0.693 bits per heavy atom. The van der Waals surface area contributed by atoms with Gasteiger partial charge >= 0.3 is 5.97 Å². The highest BCUT2D eigenvalue weighted by Crippen LogP contribution is 2.42. The van der Waals surface area contributed by atoms with Crippen LogP contribution in [-0.2, 0) is 33.6 Å². The second-order valence-corrected chi connectivity index (χ2v) is 20.8. The molecule has 4 aromatic rings. The van der Waals surface area contributed by atoms with Crippen LogP contribution in [0.15, 0.2) is 58.4 Å². The zero-order valence-corrected chi connectivity index (χ0v) is 40.8. The Kier molecular flexibility index (Phi) is 14.8. The van der Waals surface area contributed by atoms with Gasteiger partial charge in [-0.1, -0.05) is 58.1 Å². The molecule has 4 aliphatic heterocycles. The first kappa shape index (κ1) is 53.3. The Balaban J connectivity index is 0.000000151. The van der Waals surface area contributed by atoms with Crippen LogP contribution in [0.1, 0.15) is 163 Å². The summed E-state index contributed by atoms with van der Waals surface area (Å²) < 4.78 is 74.7. The van der Waals surface area contributed by atoms with Gasteiger partial charge in [0.15, 0.2) is 35.3 Å². The number of aromatic hydroxyl groups is 1. The molecule has 5 N–H and O–H groups in total. The van der Waals surface area contributed by atoms with Gasteiger partial charge in [-0.25, -0.2) is 22.4 Å². The molecule has 3 amide bonds. The van der Waals surface area contributed by atoms with Crippen molar-refractivity contribution in [3.05, 3.63) is 126 Å².